The summed E-state index contributed by atoms with van der Waals surface area (Å²) < 4.78 is 0. The first-order valence-electron chi connectivity index (χ1n) is 4.99. The average molecular weight is 193 g/mol. The molecule has 0 aliphatic carbocycles. The van der Waals surface area contributed by atoms with Crippen LogP contribution in [0.1, 0.15) is 32.3 Å². The van der Waals surface area contributed by atoms with E-state index in [0.29, 0.717) is 17.7 Å². The summed E-state index contributed by atoms with van der Waals surface area (Å²) in [5.41, 5.74) is 7.99. The monoisotopic (exact) mass is 193 g/mol. The van der Waals surface area contributed by atoms with Crippen LogP contribution in [-0.2, 0) is 0 Å². The van der Waals surface area contributed by atoms with Crippen LogP contribution in [0.15, 0.2) is 12.3 Å². The summed E-state index contributed by atoms with van der Waals surface area (Å²) in [6, 6.07) is 2.08. The topological polar surface area (TPSA) is 50.9 Å². The minimum absolute atomic E-state index is 0.441. The van der Waals surface area contributed by atoms with Crippen LogP contribution < -0.4 is 11.1 Å². The maximum absolute atomic E-state index is 5.84. The van der Waals surface area contributed by atoms with Crippen molar-refractivity contribution in [2.75, 3.05) is 18.1 Å². The second kappa shape index (κ2) is 4.31. The highest BCUT2D eigenvalue weighted by atomic mass is 14.9. The van der Waals surface area contributed by atoms with Crippen LogP contribution in [0, 0.1) is 5.92 Å². The fraction of sp³-hybridized carbons (Fsp3) is 0.545. The van der Waals surface area contributed by atoms with Crippen molar-refractivity contribution >= 4 is 11.5 Å². The smallest absolute Gasteiger partial charge is 0.126 e. The second-order valence-corrected chi connectivity index (χ2v) is 3.98. The van der Waals surface area contributed by atoms with Crippen molar-refractivity contribution in [3.8, 4) is 0 Å². The van der Waals surface area contributed by atoms with Crippen molar-refractivity contribution in [2.24, 2.45) is 5.92 Å². The highest BCUT2D eigenvalue weighted by Crippen LogP contribution is 2.28. The molecule has 1 aromatic rings. The molecule has 1 heterocycles. The van der Waals surface area contributed by atoms with Gasteiger partial charge in [0.1, 0.15) is 5.82 Å². The third-order valence-corrected chi connectivity index (χ3v) is 2.73. The van der Waals surface area contributed by atoms with Crippen molar-refractivity contribution in [1.29, 1.82) is 0 Å². The predicted molar refractivity (Wildman–Crippen MR) is 61.4 cm³/mol. The minimum atomic E-state index is 0.441. The summed E-state index contributed by atoms with van der Waals surface area (Å²) in [6.07, 6.45) is 1.76. The van der Waals surface area contributed by atoms with E-state index in [1.54, 1.807) is 6.20 Å². The number of aromatic nitrogens is 1. The van der Waals surface area contributed by atoms with Gasteiger partial charge in [0.2, 0.25) is 0 Å². The first-order chi connectivity index (χ1) is 6.56. The van der Waals surface area contributed by atoms with E-state index in [2.05, 4.69) is 37.1 Å². The Hall–Kier alpha value is -1.25. The third kappa shape index (κ3) is 2.16. The Balaban J connectivity index is 3.05. The van der Waals surface area contributed by atoms with E-state index in [1.165, 1.54) is 0 Å². The van der Waals surface area contributed by atoms with Crippen LogP contribution >= 0.6 is 0 Å². The molecule has 78 valence electrons. The summed E-state index contributed by atoms with van der Waals surface area (Å²) in [5.74, 6) is 1.66. The number of nitrogens with one attached hydrogen (secondary N) is 1. The first-order valence-corrected chi connectivity index (χ1v) is 4.99. The van der Waals surface area contributed by atoms with E-state index in [9.17, 15) is 0 Å². The van der Waals surface area contributed by atoms with Crippen molar-refractivity contribution in [1.82, 2.24) is 4.98 Å². The molecule has 14 heavy (non-hydrogen) atoms. The summed E-state index contributed by atoms with van der Waals surface area (Å²) >= 11 is 0. The quantitative estimate of drug-likeness (QED) is 0.775. The van der Waals surface area contributed by atoms with Gasteiger partial charge in [0.15, 0.2) is 0 Å². The average Bonchev–Trinajstić information content (AvgIpc) is 2.17. The summed E-state index contributed by atoms with van der Waals surface area (Å²) in [5, 5.41) is 3.07. The van der Waals surface area contributed by atoms with Gasteiger partial charge in [-0.25, -0.2) is 4.98 Å². The first kappa shape index (κ1) is 10.8. The molecule has 0 bridgehead atoms. The Labute approximate surface area is 85.7 Å². The van der Waals surface area contributed by atoms with Crippen molar-refractivity contribution < 1.29 is 0 Å². The van der Waals surface area contributed by atoms with Crippen LogP contribution in [0.25, 0.3) is 0 Å². The van der Waals surface area contributed by atoms with Crippen LogP contribution in [0.3, 0.4) is 0 Å². The van der Waals surface area contributed by atoms with Gasteiger partial charge in [0, 0.05) is 7.05 Å². The molecular weight excluding hydrogens is 174 g/mol. The SMILES string of the molecule is CNc1cnc(N)c(C(C)C(C)C)c1. The summed E-state index contributed by atoms with van der Waals surface area (Å²) in [7, 11) is 1.89. The second-order valence-electron chi connectivity index (χ2n) is 3.98. The molecule has 0 saturated heterocycles. The molecular formula is C11H19N3. The van der Waals surface area contributed by atoms with E-state index in [1.807, 2.05) is 7.05 Å². The Bertz CT molecular complexity index is 307. The van der Waals surface area contributed by atoms with Gasteiger partial charge in [-0.05, 0) is 23.5 Å². The largest absolute Gasteiger partial charge is 0.387 e. The number of hydrogen-bond donors (Lipinski definition) is 2. The van der Waals surface area contributed by atoms with Gasteiger partial charge >= 0.3 is 0 Å². The Morgan fingerprint density at radius 3 is 2.50 bits per heavy atom. The fourth-order valence-corrected chi connectivity index (χ4v) is 1.35. The molecule has 0 aliphatic rings. The van der Waals surface area contributed by atoms with Gasteiger partial charge in [-0.2, -0.15) is 0 Å². The lowest BCUT2D eigenvalue weighted by Gasteiger charge is -2.18. The van der Waals surface area contributed by atoms with Crippen LogP contribution in [0.4, 0.5) is 11.5 Å². The molecule has 0 aromatic carbocycles. The van der Waals surface area contributed by atoms with E-state index in [0.717, 1.165) is 11.3 Å². The Morgan fingerprint density at radius 2 is 2.00 bits per heavy atom. The molecule has 0 spiro atoms. The lowest BCUT2D eigenvalue weighted by atomic mass is 9.90. The van der Waals surface area contributed by atoms with Crippen molar-refractivity contribution in [3.05, 3.63) is 17.8 Å². The van der Waals surface area contributed by atoms with Gasteiger partial charge in [-0.3, -0.25) is 0 Å². The number of pyridine rings is 1. The molecule has 1 atom stereocenters. The minimum Gasteiger partial charge on any atom is -0.387 e. The van der Waals surface area contributed by atoms with Crippen LogP contribution in [0.2, 0.25) is 0 Å². The van der Waals surface area contributed by atoms with E-state index in [-0.39, 0.29) is 0 Å². The number of anilines is 2. The number of nitrogens with zero attached hydrogens (tertiary/aromatic N) is 1. The zero-order valence-electron chi connectivity index (χ0n) is 9.33. The number of rotatable bonds is 3. The molecule has 0 aliphatic heterocycles. The molecule has 0 saturated carbocycles. The fourth-order valence-electron chi connectivity index (χ4n) is 1.35. The Kier molecular flexibility index (Phi) is 3.33. The van der Waals surface area contributed by atoms with Gasteiger partial charge in [0.05, 0.1) is 11.9 Å². The summed E-state index contributed by atoms with van der Waals surface area (Å²) in [4.78, 5) is 4.17. The third-order valence-electron chi connectivity index (χ3n) is 2.73. The molecule has 3 N–H and O–H groups in total. The molecule has 1 unspecified atom stereocenters. The zero-order valence-corrected chi connectivity index (χ0v) is 9.33. The number of hydrogen-bond acceptors (Lipinski definition) is 3. The molecule has 3 heteroatoms. The lowest BCUT2D eigenvalue weighted by Crippen LogP contribution is -2.07. The molecule has 1 aromatic heterocycles. The van der Waals surface area contributed by atoms with Gasteiger partial charge < -0.3 is 11.1 Å². The summed E-state index contributed by atoms with van der Waals surface area (Å²) in [6.45, 7) is 6.56. The predicted octanol–water partition coefficient (Wildman–Crippen LogP) is 2.47. The highest BCUT2D eigenvalue weighted by Gasteiger charge is 2.14. The van der Waals surface area contributed by atoms with Crippen molar-refractivity contribution in [2.45, 2.75) is 26.7 Å². The molecule has 1 rings (SSSR count). The van der Waals surface area contributed by atoms with E-state index in [4.69, 9.17) is 5.73 Å². The van der Waals surface area contributed by atoms with Crippen LogP contribution in [0.5, 0.6) is 0 Å². The number of nitrogens with two attached hydrogens (primary N) is 1. The highest BCUT2D eigenvalue weighted by molar-refractivity contribution is 5.52. The van der Waals surface area contributed by atoms with Crippen LogP contribution in [-0.4, -0.2) is 12.0 Å². The van der Waals surface area contributed by atoms with Gasteiger partial charge in [0.25, 0.3) is 0 Å². The molecule has 0 amide bonds. The van der Waals surface area contributed by atoms with Gasteiger partial charge in [-0.15, -0.1) is 0 Å². The molecule has 0 radical (unpaired) electrons. The van der Waals surface area contributed by atoms with E-state index < -0.39 is 0 Å². The Morgan fingerprint density at radius 1 is 1.36 bits per heavy atom. The normalized spacial score (nSPS) is 12.9. The maximum atomic E-state index is 5.84. The standard InChI is InChI=1S/C11H19N3/c1-7(2)8(3)10-5-9(13-4)6-14-11(10)12/h5-8,13H,1-4H3,(H2,12,14). The van der Waals surface area contributed by atoms with Gasteiger partial charge in [-0.1, -0.05) is 20.8 Å². The van der Waals surface area contributed by atoms with Crippen molar-refractivity contribution in [3.63, 3.8) is 0 Å². The lowest BCUT2D eigenvalue weighted by molar-refractivity contribution is 0.535. The number of nitrogen functional groups attached to an aromatic ring is 1. The zero-order chi connectivity index (χ0) is 10.7. The maximum Gasteiger partial charge on any atom is 0.126 e. The molecule has 0 fully saturated rings. The molecule has 3 nitrogen and oxygen atoms in total. The van der Waals surface area contributed by atoms with E-state index >= 15 is 0 Å².